The summed E-state index contributed by atoms with van der Waals surface area (Å²) in [5, 5.41) is 1.03. The number of fused-ring (bicyclic) bond motifs is 2. The van der Waals surface area contributed by atoms with E-state index in [9.17, 15) is 14.2 Å². The summed E-state index contributed by atoms with van der Waals surface area (Å²) in [5.74, 6) is 0.642. The van der Waals surface area contributed by atoms with Crippen LogP contribution in [0.5, 0.6) is 0 Å². The monoisotopic (exact) mass is 509 g/mol. The van der Waals surface area contributed by atoms with Crippen molar-refractivity contribution in [3.05, 3.63) is 77.6 Å². The van der Waals surface area contributed by atoms with E-state index in [1.54, 1.807) is 24.2 Å². The van der Waals surface area contributed by atoms with Gasteiger partial charge in [0.25, 0.3) is 5.95 Å². The van der Waals surface area contributed by atoms with Gasteiger partial charge in [-0.05, 0) is 49.3 Å². The maximum Gasteiger partial charge on any atom is 0.593 e. The number of hydrogen-bond acceptors (Lipinski definition) is 8. The van der Waals surface area contributed by atoms with Crippen LogP contribution in [-0.4, -0.2) is 35.5 Å². The molecule has 1 fully saturated rings. The van der Waals surface area contributed by atoms with Gasteiger partial charge in [0.05, 0.1) is 6.54 Å². The summed E-state index contributed by atoms with van der Waals surface area (Å²) in [6, 6.07) is 9.63. The first kappa shape index (κ1) is 23.8. The smallest absolute Gasteiger partial charge is 0.459 e. The van der Waals surface area contributed by atoms with E-state index in [0.29, 0.717) is 24.3 Å². The SMILES string of the molecule is C=C1OP(=O)(OCN2C(=O)CCc3cc(/C=C/C(=O)N(C)Cc4oc5ccccc5c4C)cnc32)O1. The number of pyridine rings is 1. The number of amides is 2. The lowest BCUT2D eigenvalue weighted by molar-refractivity contribution is -0.125. The van der Waals surface area contributed by atoms with Crippen LogP contribution in [0, 0.1) is 6.92 Å². The molecule has 2 amide bonds. The normalized spacial score (nSPS) is 16.4. The van der Waals surface area contributed by atoms with Crippen LogP contribution in [0.4, 0.5) is 5.82 Å². The van der Waals surface area contributed by atoms with Gasteiger partial charge in [-0.3, -0.25) is 14.5 Å². The Morgan fingerprint density at radius 2 is 2.08 bits per heavy atom. The van der Waals surface area contributed by atoms with Crippen LogP contribution in [-0.2, 0) is 40.7 Å². The fourth-order valence-electron chi connectivity index (χ4n) is 4.07. The molecule has 11 heteroatoms. The van der Waals surface area contributed by atoms with Crippen LogP contribution in [0.3, 0.4) is 0 Å². The number of hydrogen-bond donors (Lipinski definition) is 0. The number of nitrogens with zero attached hydrogens (tertiary/aromatic N) is 3. The molecule has 3 aromatic rings. The first-order chi connectivity index (χ1) is 17.2. The number of aromatic nitrogens is 1. The number of benzene rings is 1. The van der Waals surface area contributed by atoms with E-state index in [0.717, 1.165) is 27.9 Å². The third kappa shape index (κ3) is 4.65. The minimum Gasteiger partial charge on any atom is -0.459 e. The van der Waals surface area contributed by atoms with E-state index in [1.165, 1.54) is 11.0 Å². The zero-order valence-electron chi connectivity index (χ0n) is 19.8. The van der Waals surface area contributed by atoms with Crippen molar-refractivity contribution in [3.8, 4) is 0 Å². The quantitative estimate of drug-likeness (QED) is 0.333. The Bertz CT molecular complexity index is 1450. The highest BCUT2D eigenvalue weighted by molar-refractivity contribution is 7.50. The van der Waals surface area contributed by atoms with E-state index in [2.05, 4.69) is 11.6 Å². The zero-order valence-corrected chi connectivity index (χ0v) is 20.7. The standard InChI is InChI=1S/C25H24N3O7P/c1-16-20-6-4-5-7-21(20)33-22(16)14-27(3)23(29)10-8-18-12-19-9-11-24(30)28(25(19)26-13-18)15-32-36(31)34-17(2)35-36/h4-8,10,12-13H,2,9,11,14-15H2,1,3H3/b10-8+. The number of para-hydroxylation sites is 1. The van der Waals surface area contributed by atoms with Crippen LogP contribution in [0.15, 0.2) is 59.5 Å². The molecule has 10 nitrogen and oxygen atoms in total. The molecule has 0 radical (unpaired) electrons. The van der Waals surface area contributed by atoms with Gasteiger partial charge in [-0.2, -0.15) is 0 Å². The summed E-state index contributed by atoms with van der Waals surface area (Å²) < 4.78 is 32.7. The Hall–Kier alpha value is -3.88. The van der Waals surface area contributed by atoms with E-state index in [1.807, 2.05) is 37.3 Å². The average molecular weight is 509 g/mol. The zero-order chi connectivity index (χ0) is 25.4. The highest BCUT2D eigenvalue weighted by Gasteiger charge is 2.43. The molecule has 0 atom stereocenters. The second-order valence-corrected chi connectivity index (χ2v) is 10.0. The number of anilines is 1. The minimum absolute atomic E-state index is 0.0915. The molecule has 0 N–H and O–H groups in total. The topological polar surface area (TPSA) is 111 Å². The van der Waals surface area contributed by atoms with Gasteiger partial charge in [-0.1, -0.05) is 18.2 Å². The third-order valence-corrected chi connectivity index (χ3v) is 7.31. The second-order valence-electron chi connectivity index (χ2n) is 8.51. The van der Waals surface area contributed by atoms with Crippen LogP contribution >= 0.6 is 7.82 Å². The lowest BCUT2D eigenvalue weighted by Crippen LogP contribution is -2.37. The van der Waals surface area contributed by atoms with Crippen molar-refractivity contribution >= 4 is 42.5 Å². The number of phosphoric ester groups is 1. The van der Waals surface area contributed by atoms with Gasteiger partial charge in [0.1, 0.15) is 23.9 Å². The van der Waals surface area contributed by atoms with Crippen molar-refractivity contribution < 1.29 is 32.1 Å². The van der Waals surface area contributed by atoms with Crippen LogP contribution in [0.1, 0.15) is 28.9 Å². The van der Waals surface area contributed by atoms with Crippen molar-refractivity contribution in [3.63, 3.8) is 0 Å². The first-order valence-corrected chi connectivity index (χ1v) is 12.7. The van der Waals surface area contributed by atoms with Gasteiger partial charge in [0.15, 0.2) is 0 Å². The Balaban J connectivity index is 1.25. The summed E-state index contributed by atoms with van der Waals surface area (Å²) in [6.45, 7) is 5.35. The number of likely N-dealkylation sites (N-methyl/N-ethyl adjacent to an activating group) is 1. The highest BCUT2D eigenvalue weighted by atomic mass is 31.2. The Morgan fingerprint density at radius 1 is 1.31 bits per heavy atom. The third-order valence-electron chi connectivity index (χ3n) is 6.02. The van der Waals surface area contributed by atoms with Crippen molar-refractivity contribution in [2.45, 2.75) is 26.3 Å². The van der Waals surface area contributed by atoms with E-state index in [4.69, 9.17) is 18.0 Å². The predicted octanol–water partition coefficient (Wildman–Crippen LogP) is 4.69. The first-order valence-electron chi connectivity index (χ1n) is 11.2. The summed E-state index contributed by atoms with van der Waals surface area (Å²) in [5.41, 5.74) is 3.32. The summed E-state index contributed by atoms with van der Waals surface area (Å²) in [4.78, 5) is 32.4. The molecule has 0 unspecified atom stereocenters. The average Bonchev–Trinajstić information content (AvgIpc) is 3.16. The molecule has 0 bridgehead atoms. The number of phosphoric acid groups is 1. The summed E-state index contributed by atoms with van der Waals surface area (Å²) >= 11 is 0. The number of furan rings is 1. The molecule has 1 saturated heterocycles. The van der Waals surface area contributed by atoms with Gasteiger partial charge < -0.3 is 18.4 Å². The fourth-order valence-corrected chi connectivity index (χ4v) is 4.94. The number of aryl methyl sites for hydroxylation is 2. The highest BCUT2D eigenvalue weighted by Crippen LogP contribution is 2.61. The molecule has 2 aliphatic rings. The van der Waals surface area contributed by atoms with Gasteiger partial charge in [-0.15, -0.1) is 0 Å². The molecular formula is C25H24N3O7P. The van der Waals surface area contributed by atoms with Gasteiger partial charge in [0.2, 0.25) is 11.8 Å². The lowest BCUT2D eigenvalue weighted by atomic mass is 10.0. The molecule has 5 rings (SSSR count). The molecule has 0 aliphatic carbocycles. The molecule has 186 valence electrons. The maximum absolute atomic E-state index is 12.7. The van der Waals surface area contributed by atoms with Crippen LogP contribution in [0.2, 0.25) is 0 Å². The molecule has 1 aromatic carbocycles. The largest absolute Gasteiger partial charge is 0.593 e. The number of carbonyl (C=O) groups excluding carboxylic acids is 2. The van der Waals surface area contributed by atoms with Crippen molar-refractivity contribution in [1.29, 1.82) is 0 Å². The van der Waals surface area contributed by atoms with Gasteiger partial charge in [-0.25, -0.2) is 14.1 Å². The van der Waals surface area contributed by atoms with Gasteiger partial charge >= 0.3 is 7.82 Å². The van der Waals surface area contributed by atoms with E-state index in [-0.39, 0.29) is 30.9 Å². The van der Waals surface area contributed by atoms with Crippen molar-refractivity contribution in [1.82, 2.24) is 9.88 Å². The Labute approximate surface area is 207 Å². The molecule has 0 saturated carbocycles. The molecule has 0 spiro atoms. The molecule has 2 aromatic heterocycles. The Kier molecular flexibility index (Phi) is 6.15. The molecular weight excluding hydrogens is 485 g/mol. The summed E-state index contributed by atoms with van der Waals surface area (Å²) in [6.07, 6.45) is 5.43. The van der Waals surface area contributed by atoms with Crippen molar-refractivity contribution in [2.24, 2.45) is 0 Å². The van der Waals surface area contributed by atoms with E-state index < -0.39 is 7.82 Å². The summed E-state index contributed by atoms with van der Waals surface area (Å²) in [7, 11) is -2.00. The second kappa shape index (κ2) is 9.29. The molecule has 36 heavy (non-hydrogen) atoms. The van der Waals surface area contributed by atoms with Crippen molar-refractivity contribution in [2.75, 3.05) is 18.7 Å². The number of rotatable bonds is 7. The molecule has 4 heterocycles. The van der Waals surface area contributed by atoms with Gasteiger partial charge in [0, 0.05) is 36.7 Å². The molecule has 2 aliphatic heterocycles. The van der Waals surface area contributed by atoms with Crippen LogP contribution in [0.25, 0.3) is 17.0 Å². The van der Waals surface area contributed by atoms with E-state index >= 15 is 0 Å². The number of carbonyl (C=O) groups is 2. The Morgan fingerprint density at radius 3 is 2.83 bits per heavy atom. The lowest BCUT2D eigenvalue weighted by Gasteiger charge is -2.31. The van der Waals surface area contributed by atoms with Crippen LogP contribution < -0.4 is 4.90 Å². The fraction of sp³-hybridized carbons (Fsp3) is 0.240. The maximum atomic E-state index is 12.7. The minimum atomic E-state index is -3.71. The predicted molar refractivity (Wildman–Crippen MR) is 131 cm³/mol.